The van der Waals surface area contributed by atoms with Crippen molar-refractivity contribution in [1.29, 1.82) is 0 Å². The third-order valence-electron chi connectivity index (χ3n) is 9.76. The van der Waals surface area contributed by atoms with E-state index in [9.17, 15) is 24.0 Å². The molecule has 0 aromatic heterocycles. The summed E-state index contributed by atoms with van der Waals surface area (Å²) < 4.78 is 23.8. The molecule has 2 fully saturated rings. The number of ketones is 1. The van der Waals surface area contributed by atoms with Gasteiger partial charge in [-0.2, -0.15) is 0 Å². The molecule has 44 heavy (non-hydrogen) atoms. The second-order valence-electron chi connectivity index (χ2n) is 12.9. The molecule has 0 N–H and O–H groups in total. The Balaban J connectivity index is 1.86. The molecule has 9 nitrogen and oxygen atoms in total. The smallest absolute Gasteiger partial charge is 0.331 e. The van der Waals surface area contributed by atoms with Gasteiger partial charge in [0, 0.05) is 39.7 Å². The summed E-state index contributed by atoms with van der Waals surface area (Å²) >= 11 is 0. The minimum absolute atomic E-state index is 0.0475. The van der Waals surface area contributed by atoms with Crippen molar-refractivity contribution in [2.75, 3.05) is 0 Å². The van der Waals surface area contributed by atoms with Gasteiger partial charge in [-0.25, -0.2) is 4.79 Å². The summed E-state index contributed by atoms with van der Waals surface area (Å²) in [6.07, 6.45) is -0.379. The van der Waals surface area contributed by atoms with Crippen LogP contribution >= 0.6 is 0 Å². The molecule has 2 bridgehead atoms. The van der Waals surface area contributed by atoms with Crippen LogP contribution in [0.1, 0.15) is 73.3 Å². The maximum Gasteiger partial charge on any atom is 0.331 e. The van der Waals surface area contributed by atoms with Gasteiger partial charge in [0.2, 0.25) is 0 Å². The van der Waals surface area contributed by atoms with E-state index in [0.717, 1.165) is 5.56 Å². The number of esters is 4. The fourth-order valence-electron chi connectivity index (χ4n) is 7.51. The Morgan fingerprint density at radius 3 is 2.09 bits per heavy atom. The van der Waals surface area contributed by atoms with Crippen molar-refractivity contribution in [3.05, 3.63) is 65.3 Å². The molecule has 4 rings (SSSR count). The van der Waals surface area contributed by atoms with Crippen molar-refractivity contribution < 1.29 is 42.9 Å². The SMILES string of the molecule is C=C1[C@@H](OC(=O)C=Cc2ccccc2)C[C@H](OC(C)=O)[C@]2(C)[C@@H]1C[C@@H]1CC(=O)C(C)=C([C@@H](OC(C)=O)[C@@H]2OC(C)=O)C1(C)C. The molecule has 236 valence electrons. The third-order valence-corrected chi connectivity index (χ3v) is 9.76. The fraction of sp³-hybridized carbons (Fsp3) is 0.514. The Hall–Kier alpha value is -4.01. The van der Waals surface area contributed by atoms with Crippen LogP contribution < -0.4 is 0 Å². The second kappa shape index (κ2) is 12.5. The van der Waals surface area contributed by atoms with Gasteiger partial charge in [0.15, 0.2) is 18.0 Å². The van der Waals surface area contributed by atoms with Gasteiger partial charge in [-0.1, -0.05) is 57.7 Å². The molecule has 7 atom stereocenters. The predicted molar refractivity (Wildman–Crippen MR) is 162 cm³/mol. The lowest BCUT2D eigenvalue weighted by Gasteiger charge is -2.59. The van der Waals surface area contributed by atoms with Crippen LogP contribution in [0.4, 0.5) is 0 Å². The summed E-state index contributed by atoms with van der Waals surface area (Å²) in [6.45, 7) is 15.7. The maximum atomic E-state index is 13.4. The van der Waals surface area contributed by atoms with E-state index in [-0.39, 0.29) is 24.5 Å². The lowest BCUT2D eigenvalue weighted by Crippen LogP contribution is -2.64. The van der Waals surface area contributed by atoms with Gasteiger partial charge in [-0.05, 0) is 59.0 Å². The van der Waals surface area contributed by atoms with Crippen molar-refractivity contribution in [3.63, 3.8) is 0 Å². The van der Waals surface area contributed by atoms with E-state index in [4.69, 9.17) is 18.9 Å². The fourth-order valence-corrected chi connectivity index (χ4v) is 7.51. The molecule has 9 heteroatoms. The maximum absolute atomic E-state index is 13.4. The number of Topliss-reactive ketones (excluding diaryl/α,β-unsaturated/α-hetero) is 1. The monoisotopic (exact) mass is 606 g/mol. The molecule has 2 saturated carbocycles. The normalized spacial score (nSPS) is 31.3. The average Bonchev–Trinajstić information content (AvgIpc) is 2.93. The first kappa shape index (κ1) is 32.9. The van der Waals surface area contributed by atoms with E-state index in [1.165, 1.54) is 26.8 Å². The summed E-state index contributed by atoms with van der Waals surface area (Å²) in [4.78, 5) is 64.2. The molecule has 0 saturated heterocycles. The Bertz CT molecular complexity index is 1420. The summed E-state index contributed by atoms with van der Waals surface area (Å²) in [5.74, 6) is -3.29. The molecule has 1 aromatic rings. The molecule has 3 aliphatic rings. The molecule has 0 spiro atoms. The number of ether oxygens (including phenoxy) is 4. The average molecular weight is 607 g/mol. The van der Waals surface area contributed by atoms with Crippen LogP contribution in [0.3, 0.4) is 0 Å². The lowest BCUT2D eigenvalue weighted by molar-refractivity contribution is -0.211. The van der Waals surface area contributed by atoms with Crippen molar-refractivity contribution in [1.82, 2.24) is 0 Å². The van der Waals surface area contributed by atoms with Gasteiger partial charge in [0.25, 0.3) is 0 Å². The first-order chi connectivity index (χ1) is 20.6. The molecule has 0 unspecified atom stereocenters. The Morgan fingerprint density at radius 1 is 0.886 bits per heavy atom. The van der Waals surface area contributed by atoms with Crippen molar-refractivity contribution in [3.8, 4) is 0 Å². The highest BCUT2D eigenvalue weighted by Crippen LogP contribution is 2.60. The van der Waals surface area contributed by atoms with Gasteiger partial charge in [0.05, 0.1) is 5.41 Å². The number of hydrogen-bond donors (Lipinski definition) is 0. The van der Waals surface area contributed by atoms with E-state index in [0.29, 0.717) is 23.1 Å². The van der Waals surface area contributed by atoms with Crippen molar-refractivity contribution in [2.24, 2.45) is 22.7 Å². The first-order valence-electron chi connectivity index (χ1n) is 15.0. The van der Waals surface area contributed by atoms with Crippen LogP contribution in [-0.2, 0) is 42.9 Å². The molecule has 0 amide bonds. The van der Waals surface area contributed by atoms with E-state index < -0.39 is 65.0 Å². The van der Waals surface area contributed by atoms with Crippen molar-refractivity contribution >= 4 is 35.7 Å². The highest BCUT2D eigenvalue weighted by atomic mass is 16.6. The minimum Gasteiger partial charge on any atom is -0.462 e. The lowest BCUT2D eigenvalue weighted by atomic mass is 9.49. The molecule has 0 heterocycles. The molecule has 0 aliphatic heterocycles. The number of fused-ring (bicyclic) bond motifs is 3. The third kappa shape index (κ3) is 6.28. The zero-order chi connectivity index (χ0) is 32.6. The number of hydrogen-bond acceptors (Lipinski definition) is 9. The standard InChI is InChI=1S/C35H42O9/c1-19-26-16-25-17-27(39)20(2)31(34(25,6)7)32(42-22(4)37)33(43-23(5)38)35(26,8)29(41-21(3)36)18-28(19)44-30(40)15-14-24-12-10-9-11-13-24/h9-15,25-26,28-29,32-33H,1,16-18H2,2-8H3/t25-,26-,28+,29+,32-,33+,35+/m1/s1. The molecule has 3 aliphatic carbocycles. The Labute approximate surface area is 258 Å². The van der Waals surface area contributed by atoms with E-state index in [2.05, 4.69) is 6.58 Å². The zero-order valence-corrected chi connectivity index (χ0v) is 26.5. The topological polar surface area (TPSA) is 122 Å². The van der Waals surface area contributed by atoms with Crippen LogP contribution in [0.2, 0.25) is 0 Å². The minimum atomic E-state index is -1.17. The quantitative estimate of drug-likeness (QED) is 0.183. The molecular formula is C35H42O9. The number of carbonyl (C=O) groups excluding carboxylic acids is 5. The highest BCUT2D eigenvalue weighted by molar-refractivity contribution is 5.97. The van der Waals surface area contributed by atoms with E-state index in [1.54, 1.807) is 13.0 Å². The first-order valence-corrected chi connectivity index (χ1v) is 15.0. The molecular weight excluding hydrogens is 564 g/mol. The van der Waals surface area contributed by atoms with Gasteiger partial charge in [0.1, 0.15) is 12.2 Å². The number of carbonyl (C=O) groups is 5. The van der Waals surface area contributed by atoms with E-state index >= 15 is 0 Å². The van der Waals surface area contributed by atoms with Crippen molar-refractivity contribution in [2.45, 2.75) is 92.1 Å². The number of allylic oxidation sites excluding steroid dienone is 1. The van der Waals surface area contributed by atoms with Gasteiger partial charge in [-0.3, -0.25) is 19.2 Å². The largest absolute Gasteiger partial charge is 0.462 e. The number of rotatable bonds is 6. The van der Waals surface area contributed by atoms with Gasteiger partial charge < -0.3 is 18.9 Å². The summed E-state index contributed by atoms with van der Waals surface area (Å²) in [6, 6.07) is 9.29. The van der Waals surface area contributed by atoms with E-state index in [1.807, 2.05) is 51.1 Å². The summed E-state index contributed by atoms with van der Waals surface area (Å²) in [7, 11) is 0. The predicted octanol–water partition coefficient (Wildman–Crippen LogP) is 5.32. The number of benzene rings is 1. The van der Waals surface area contributed by atoms with Crippen LogP contribution in [-0.4, -0.2) is 54.1 Å². The Kier molecular flexibility index (Phi) is 9.37. The molecule has 0 radical (unpaired) electrons. The molecule has 1 aromatic carbocycles. The second-order valence-corrected chi connectivity index (χ2v) is 12.9. The van der Waals surface area contributed by atoms with Crippen LogP contribution in [0, 0.1) is 22.7 Å². The zero-order valence-electron chi connectivity index (χ0n) is 26.5. The highest BCUT2D eigenvalue weighted by Gasteiger charge is 2.64. The Morgan fingerprint density at radius 2 is 1.50 bits per heavy atom. The summed E-state index contributed by atoms with van der Waals surface area (Å²) in [5, 5.41) is 0. The van der Waals surface area contributed by atoms with Crippen LogP contribution in [0.5, 0.6) is 0 Å². The van der Waals surface area contributed by atoms with Gasteiger partial charge in [-0.15, -0.1) is 0 Å². The van der Waals surface area contributed by atoms with Crippen LogP contribution in [0.25, 0.3) is 6.08 Å². The van der Waals surface area contributed by atoms with Gasteiger partial charge >= 0.3 is 23.9 Å². The summed E-state index contributed by atoms with van der Waals surface area (Å²) in [5.41, 5.74) is 0.615. The van der Waals surface area contributed by atoms with Crippen LogP contribution in [0.15, 0.2) is 59.7 Å².